The fourth-order valence-corrected chi connectivity index (χ4v) is 1.61. The second-order valence-corrected chi connectivity index (χ2v) is 3.88. The summed E-state index contributed by atoms with van der Waals surface area (Å²) in [6.07, 6.45) is 1.14. The van der Waals surface area contributed by atoms with Gasteiger partial charge in [-0.15, -0.1) is 0 Å². The Hall–Kier alpha value is -1.18. The van der Waals surface area contributed by atoms with Gasteiger partial charge >= 0.3 is 0 Å². The minimum Gasteiger partial charge on any atom is -0.490 e. The average Bonchev–Trinajstić information content (AvgIpc) is 2.31. The molecule has 0 spiro atoms. The maximum atomic E-state index is 5.60. The molecule has 1 aromatic rings. The lowest BCUT2D eigenvalue weighted by Gasteiger charge is -2.15. The van der Waals surface area contributed by atoms with E-state index >= 15 is 0 Å². The van der Waals surface area contributed by atoms with E-state index in [4.69, 9.17) is 9.47 Å². The second kappa shape index (κ2) is 6.41. The van der Waals surface area contributed by atoms with E-state index in [0.29, 0.717) is 19.1 Å². The SMILES string of the molecule is CCOc1ccc(C(C)CC)cc1OCC. The van der Waals surface area contributed by atoms with Gasteiger partial charge in [-0.25, -0.2) is 0 Å². The summed E-state index contributed by atoms with van der Waals surface area (Å²) in [5.41, 5.74) is 1.31. The first kappa shape index (κ1) is 12.9. The zero-order chi connectivity index (χ0) is 12.0. The van der Waals surface area contributed by atoms with Crippen LogP contribution >= 0.6 is 0 Å². The predicted molar refractivity (Wildman–Crippen MR) is 67.5 cm³/mol. The van der Waals surface area contributed by atoms with Crippen molar-refractivity contribution in [1.82, 2.24) is 0 Å². The van der Waals surface area contributed by atoms with Crippen LogP contribution in [0.1, 0.15) is 45.6 Å². The maximum absolute atomic E-state index is 5.60. The molecular formula is C14H22O2. The quantitative estimate of drug-likeness (QED) is 0.724. The Kier molecular flexibility index (Phi) is 5.17. The van der Waals surface area contributed by atoms with Gasteiger partial charge in [0.25, 0.3) is 0 Å². The molecule has 0 aromatic heterocycles. The standard InChI is InChI=1S/C14H22O2/c1-5-11(4)12-8-9-13(15-6-2)14(10-12)16-7-3/h8-11H,5-7H2,1-4H3. The lowest BCUT2D eigenvalue weighted by atomic mass is 9.98. The van der Waals surface area contributed by atoms with Gasteiger partial charge in [-0.05, 0) is 43.9 Å². The van der Waals surface area contributed by atoms with Crippen molar-refractivity contribution in [3.63, 3.8) is 0 Å². The smallest absolute Gasteiger partial charge is 0.161 e. The summed E-state index contributed by atoms with van der Waals surface area (Å²) in [5.74, 6) is 2.27. The van der Waals surface area contributed by atoms with E-state index in [-0.39, 0.29) is 0 Å². The molecule has 0 bridgehead atoms. The van der Waals surface area contributed by atoms with Gasteiger partial charge in [0.05, 0.1) is 13.2 Å². The second-order valence-electron chi connectivity index (χ2n) is 3.88. The van der Waals surface area contributed by atoms with Crippen LogP contribution < -0.4 is 9.47 Å². The van der Waals surface area contributed by atoms with Crippen LogP contribution in [0.4, 0.5) is 0 Å². The zero-order valence-corrected chi connectivity index (χ0v) is 10.7. The highest BCUT2D eigenvalue weighted by molar-refractivity contribution is 5.43. The van der Waals surface area contributed by atoms with Gasteiger partial charge in [0.15, 0.2) is 11.5 Å². The van der Waals surface area contributed by atoms with Crippen molar-refractivity contribution in [2.24, 2.45) is 0 Å². The predicted octanol–water partition coefficient (Wildman–Crippen LogP) is 4.00. The van der Waals surface area contributed by atoms with Crippen molar-refractivity contribution in [1.29, 1.82) is 0 Å². The van der Waals surface area contributed by atoms with Gasteiger partial charge in [-0.2, -0.15) is 0 Å². The van der Waals surface area contributed by atoms with Crippen LogP contribution in [0.5, 0.6) is 11.5 Å². The van der Waals surface area contributed by atoms with Crippen molar-refractivity contribution in [2.45, 2.75) is 40.0 Å². The molecule has 90 valence electrons. The Morgan fingerprint density at radius 3 is 2.19 bits per heavy atom. The van der Waals surface area contributed by atoms with Gasteiger partial charge < -0.3 is 9.47 Å². The summed E-state index contributed by atoms with van der Waals surface area (Å²) in [6.45, 7) is 9.74. The Morgan fingerprint density at radius 2 is 1.62 bits per heavy atom. The molecule has 0 aliphatic heterocycles. The van der Waals surface area contributed by atoms with Gasteiger partial charge in [0, 0.05) is 0 Å². The van der Waals surface area contributed by atoms with Crippen molar-refractivity contribution >= 4 is 0 Å². The zero-order valence-electron chi connectivity index (χ0n) is 10.7. The van der Waals surface area contributed by atoms with Gasteiger partial charge in [-0.1, -0.05) is 19.9 Å². The summed E-state index contributed by atoms with van der Waals surface area (Å²) in [4.78, 5) is 0. The molecule has 2 heteroatoms. The van der Waals surface area contributed by atoms with Crippen LogP contribution in [0.2, 0.25) is 0 Å². The molecule has 0 heterocycles. The van der Waals surface area contributed by atoms with E-state index < -0.39 is 0 Å². The number of hydrogen-bond donors (Lipinski definition) is 0. The van der Waals surface area contributed by atoms with Gasteiger partial charge in [0.2, 0.25) is 0 Å². The molecule has 0 saturated carbocycles. The Morgan fingerprint density at radius 1 is 1.00 bits per heavy atom. The van der Waals surface area contributed by atoms with Gasteiger partial charge in [-0.3, -0.25) is 0 Å². The van der Waals surface area contributed by atoms with E-state index in [1.54, 1.807) is 0 Å². The van der Waals surface area contributed by atoms with Crippen LogP contribution in [0, 0.1) is 0 Å². The molecule has 0 aliphatic rings. The van der Waals surface area contributed by atoms with Crippen LogP contribution in [0.3, 0.4) is 0 Å². The van der Waals surface area contributed by atoms with Crippen LogP contribution in [-0.4, -0.2) is 13.2 Å². The summed E-state index contributed by atoms with van der Waals surface area (Å²) >= 11 is 0. The molecule has 16 heavy (non-hydrogen) atoms. The molecule has 0 aliphatic carbocycles. The molecule has 0 fully saturated rings. The third-order valence-electron chi connectivity index (χ3n) is 2.75. The number of benzene rings is 1. The highest BCUT2D eigenvalue weighted by Crippen LogP contribution is 2.32. The molecule has 0 amide bonds. The molecule has 1 aromatic carbocycles. The largest absolute Gasteiger partial charge is 0.490 e. The minimum absolute atomic E-state index is 0.565. The van der Waals surface area contributed by atoms with Crippen molar-refractivity contribution in [3.8, 4) is 11.5 Å². The molecular weight excluding hydrogens is 200 g/mol. The molecule has 0 radical (unpaired) electrons. The fraction of sp³-hybridized carbons (Fsp3) is 0.571. The summed E-state index contributed by atoms with van der Waals surface area (Å²) < 4.78 is 11.1. The van der Waals surface area contributed by atoms with E-state index in [1.807, 2.05) is 19.9 Å². The van der Waals surface area contributed by atoms with E-state index in [9.17, 15) is 0 Å². The third kappa shape index (κ3) is 3.16. The topological polar surface area (TPSA) is 18.5 Å². The molecule has 1 atom stereocenters. The molecule has 0 saturated heterocycles. The highest BCUT2D eigenvalue weighted by atomic mass is 16.5. The van der Waals surface area contributed by atoms with Crippen LogP contribution in [0.15, 0.2) is 18.2 Å². The summed E-state index contributed by atoms with van der Waals surface area (Å²) in [5, 5.41) is 0. The normalized spacial score (nSPS) is 12.2. The first-order chi connectivity index (χ1) is 7.72. The summed E-state index contributed by atoms with van der Waals surface area (Å²) in [7, 11) is 0. The van der Waals surface area contributed by atoms with Crippen LogP contribution in [-0.2, 0) is 0 Å². The molecule has 2 nitrogen and oxygen atoms in total. The van der Waals surface area contributed by atoms with E-state index in [2.05, 4.69) is 26.0 Å². The van der Waals surface area contributed by atoms with Crippen molar-refractivity contribution in [3.05, 3.63) is 23.8 Å². The minimum atomic E-state index is 0.565. The number of rotatable bonds is 6. The average molecular weight is 222 g/mol. The van der Waals surface area contributed by atoms with Crippen molar-refractivity contribution in [2.75, 3.05) is 13.2 Å². The Bertz CT molecular complexity index is 321. The number of hydrogen-bond acceptors (Lipinski definition) is 2. The Labute approximate surface area is 98.6 Å². The van der Waals surface area contributed by atoms with E-state index in [0.717, 1.165) is 17.9 Å². The molecule has 0 N–H and O–H groups in total. The van der Waals surface area contributed by atoms with Gasteiger partial charge in [0.1, 0.15) is 0 Å². The monoisotopic (exact) mass is 222 g/mol. The summed E-state index contributed by atoms with van der Waals surface area (Å²) in [6, 6.07) is 6.24. The lowest BCUT2D eigenvalue weighted by Crippen LogP contribution is -2.00. The van der Waals surface area contributed by atoms with E-state index in [1.165, 1.54) is 5.56 Å². The first-order valence-corrected chi connectivity index (χ1v) is 6.12. The molecule has 1 unspecified atom stereocenters. The third-order valence-corrected chi connectivity index (χ3v) is 2.75. The fourth-order valence-electron chi connectivity index (χ4n) is 1.61. The first-order valence-electron chi connectivity index (χ1n) is 6.12. The van der Waals surface area contributed by atoms with Crippen molar-refractivity contribution < 1.29 is 9.47 Å². The lowest BCUT2D eigenvalue weighted by molar-refractivity contribution is 0.287. The Balaban J connectivity index is 2.96. The maximum Gasteiger partial charge on any atom is 0.161 e. The molecule has 1 rings (SSSR count). The van der Waals surface area contributed by atoms with Crippen LogP contribution in [0.25, 0.3) is 0 Å². The number of ether oxygens (including phenoxy) is 2. The highest BCUT2D eigenvalue weighted by Gasteiger charge is 2.09.